The molecule has 0 aromatic heterocycles. The number of carbonyl (C=O) groups is 1. The monoisotopic (exact) mass is 377 g/mol. The lowest BCUT2D eigenvalue weighted by atomic mass is 10.1. The van der Waals surface area contributed by atoms with Gasteiger partial charge in [-0.2, -0.15) is 0 Å². The van der Waals surface area contributed by atoms with Crippen LogP contribution in [0, 0.1) is 0 Å². The summed E-state index contributed by atoms with van der Waals surface area (Å²) in [5.41, 5.74) is 1.08. The van der Waals surface area contributed by atoms with Crippen LogP contribution in [0.15, 0.2) is 12.1 Å². The molecule has 7 heteroatoms. The van der Waals surface area contributed by atoms with Crippen molar-refractivity contribution >= 4 is 5.91 Å². The van der Waals surface area contributed by atoms with Gasteiger partial charge in [0.05, 0.1) is 27.9 Å². The summed E-state index contributed by atoms with van der Waals surface area (Å²) in [5, 5.41) is 0. The lowest BCUT2D eigenvalue weighted by molar-refractivity contribution is -0.131. The number of hydrogen-bond donors (Lipinski definition) is 0. The Kier molecular flexibility index (Phi) is 6.79. The van der Waals surface area contributed by atoms with Crippen LogP contribution in [0.3, 0.4) is 0 Å². The van der Waals surface area contributed by atoms with Gasteiger partial charge in [-0.15, -0.1) is 0 Å². The summed E-state index contributed by atoms with van der Waals surface area (Å²) < 4.78 is 16.4. The van der Waals surface area contributed by atoms with Crippen molar-refractivity contribution in [2.45, 2.75) is 19.4 Å². The van der Waals surface area contributed by atoms with Crippen molar-refractivity contribution in [1.82, 2.24) is 14.7 Å². The van der Waals surface area contributed by atoms with Crippen LogP contribution in [-0.4, -0.2) is 87.7 Å². The van der Waals surface area contributed by atoms with Gasteiger partial charge in [-0.25, -0.2) is 0 Å². The number of methoxy groups -OCH3 is 3. The van der Waals surface area contributed by atoms with Crippen molar-refractivity contribution in [3.63, 3.8) is 0 Å². The van der Waals surface area contributed by atoms with E-state index in [1.807, 2.05) is 17.0 Å². The molecule has 0 N–H and O–H groups in total. The Bertz CT molecular complexity index is 638. The van der Waals surface area contributed by atoms with Gasteiger partial charge in [-0.3, -0.25) is 14.6 Å². The third-order valence-corrected chi connectivity index (χ3v) is 5.46. The van der Waals surface area contributed by atoms with Crippen molar-refractivity contribution in [2.24, 2.45) is 0 Å². The van der Waals surface area contributed by atoms with Gasteiger partial charge < -0.3 is 19.1 Å². The van der Waals surface area contributed by atoms with E-state index in [0.717, 1.165) is 70.0 Å². The minimum Gasteiger partial charge on any atom is -0.493 e. The van der Waals surface area contributed by atoms with Gasteiger partial charge in [0, 0.05) is 51.4 Å². The molecular formula is C20H31N3O4. The zero-order valence-corrected chi connectivity index (χ0v) is 16.7. The second kappa shape index (κ2) is 9.28. The molecule has 0 saturated carbocycles. The summed E-state index contributed by atoms with van der Waals surface area (Å²) >= 11 is 0. The number of likely N-dealkylation sites (tertiary alicyclic amines) is 1. The number of nitrogens with zero attached hydrogens (tertiary/aromatic N) is 3. The average Bonchev–Trinajstić information content (AvgIpc) is 3.24. The largest absolute Gasteiger partial charge is 0.493 e. The van der Waals surface area contributed by atoms with E-state index >= 15 is 0 Å². The van der Waals surface area contributed by atoms with Crippen LogP contribution in [0.1, 0.15) is 18.4 Å². The minimum atomic E-state index is 0.280. The zero-order valence-electron chi connectivity index (χ0n) is 16.7. The Hall–Kier alpha value is -1.99. The van der Waals surface area contributed by atoms with E-state index in [-0.39, 0.29) is 5.91 Å². The number of piperazine rings is 1. The first kappa shape index (κ1) is 19.8. The molecule has 2 aliphatic rings. The lowest BCUT2D eigenvalue weighted by Crippen LogP contribution is -2.49. The second-order valence-electron chi connectivity index (χ2n) is 7.13. The van der Waals surface area contributed by atoms with E-state index in [1.165, 1.54) is 0 Å². The highest BCUT2D eigenvalue weighted by Crippen LogP contribution is 2.40. The maximum Gasteiger partial charge on any atom is 0.236 e. The molecular weight excluding hydrogens is 346 g/mol. The highest BCUT2D eigenvalue weighted by molar-refractivity contribution is 5.78. The topological polar surface area (TPSA) is 54.5 Å². The van der Waals surface area contributed by atoms with Crippen LogP contribution in [0.2, 0.25) is 0 Å². The van der Waals surface area contributed by atoms with E-state index in [2.05, 4.69) is 9.80 Å². The van der Waals surface area contributed by atoms with E-state index in [1.54, 1.807) is 21.3 Å². The van der Waals surface area contributed by atoms with Gasteiger partial charge in [0.2, 0.25) is 11.7 Å². The molecule has 0 atom stereocenters. The summed E-state index contributed by atoms with van der Waals surface area (Å²) in [4.78, 5) is 19.0. The van der Waals surface area contributed by atoms with Gasteiger partial charge in [0.15, 0.2) is 11.5 Å². The van der Waals surface area contributed by atoms with Crippen molar-refractivity contribution in [2.75, 3.05) is 67.1 Å². The Labute approximate surface area is 161 Å². The predicted molar refractivity (Wildman–Crippen MR) is 104 cm³/mol. The van der Waals surface area contributed by atoms with Crippen molar-refractivity contribution in [1.29, 1.82) is 0 Å². The molecule has 3 rings (SSSR count). The highest BCUT2D eigenvalue weighted by Gasteiger charge is 2.24. The SMILES string of the molecule is COc1ccc(CN2CCN(CC(=O)N3CCCC3)CC2)c(OC)c1OC. The maximum atomic E-state index is 12.3. The average molecular weight is 377 g/mol. The lowest BCUT2D eigenvalue weighted by Gasteiger charge is -2.35. The van der Waals surface area contributed by atoms with E-state index in [4.69, 9.17) is 14.2 Å². The highest BCUT2D eigenvalue weighted by atomic mass is 16.5. The fraction of sp³-hybridized carbons (Fsp3) is 0.650. The van der Waals surface area contributed by atoms with E-state index in [9.17, 15) is 4.79 Å². The van der Waals surface area contributed by atoms with E-state index in [0.29, 0.717) is 18.0 Å². The van der Waals surface area contributed by atoms with E-state index < -0.39 is 0 Å². The Morgan fingerprint density at radius 1 is 0.852 bits per heavy atom. The first-order valence-electron chi connectivity index (χ1n) is 9.66. The molecule has 150 valence electrons. The van der Waals surface area contributed by atoms with Gasteiger partial charge in [0.25, 0.3) is 0 Å². The maximum absolute atomic E-state index is 12.3. The second-order valence-corrected chi connectivity index (χ2v) is 7.13. The predicted octanol–water partition coefficient (Wildman–Crippen LogP) is 1.45. The number of carbonyl (C=O) groups excluding carboxylic acids is 1. The van der Waals surface area contributed by atoms with Crippen LogP contribution in [-0.2, 0) is 11.3 Å². The third-order valence-electron chi connectivity index (χ3n) is 5.46. The van der Waals surface area contributed by atoms with Crippen LogP contribution in [0.5, 0.6) is 17.2 Å². The van der Waals surface area contributed by atoms with Crippen LogP contribution in [0.25, 0.3) is 0 Å². The van der Waals surface area contributed by atoms with Crippen LogP contribution < -0.4 is 14.2 Å². The van der Waals surface area contributed by atoms with Crippen molar-refractivity contribution in [3.8, 4) is 17.2 Å². The molecule has 2 saturated heterocycles. The number of amides is 1. The summed E-state index contributed by atoms with van der Waals surface area (Å²) in [5.74, 6) is 2.31. The van der Waals surface area contributed by atoms with Gasteiger partial charge in [-0.1, -0.05) is 6.07 Å². The fourth-order valence-electron chi connectivity index (χ4n) is 3.89. The number of ether oxygens (including phenoxy) is 3. The van der Waals surface area contributed by atoms with Gasteiger partial charge in [-0.05, 0) is 18.9 Å². The molecule has 27 heavy (non-hydrogen) atoms. The number of benzene rings is 1. The fourth-order valence-corrected chi connectivity index (χ4v) is 3.89. The number of hydrogen-bond acceptors (Lipinski definition) is 6. The molecule has 0 radical (unpaired) electrons. The summed E-state index contributed by atoms with van der Waals surface area (Å²) in [6.07, 6.45) is 2.29. The Morgan fingerprint density at radius 3 is 2.07 bits per heavy atom. The molecule has 2 aliphatic heterocycles. The molecule has 2 fully saturated rings. The summed E-state index contributed by atoms with van der Waals surface area (Å²) in [6.45, 7) is 6.89. The van der Waals surface area contributed by atoms with Crippen molar-refractivity contribution < 1.29 is 19.0 Å². The number of rotatable bonds is 7. The molecule has 2 heterocycles. The van der Waals surface area contributed by atoms with Crippen LogP contribution in [0.4, 0.5) is 0 Å². The molecule has 0 spiro atoms. The molecule has 1 amide bonds. The molecule has 0 bridgehead atoms. The normalized spacial score (nSPS) is 18.6. The minimum absolute atomic E-state index is 0.280. The van der Waals surface area contributed by atoms with Gasteiger partial charge >= 0.3 is 0 Å². The zero-order chi connectivity index (χ0) is 19.2. The Morgan fingerprint density at radius 2 is 1.48 bits per heavy atom. The van der Waals surface area contributed by atoms with Crippen LogP contribution >= 0.6 is 0 Å². The molecule has 1 aromatic rings. The molecule has 0 unspecified atom stereocenters. The standard InChI is InChI=1S/C20H31N3O4/c1-25-17-7-6-16(19(26-2)20(17)27-3)14-21-10-12-22(13-11-21)15-18(24)23-8-4-5-9-23/h6-7H,4-5,8-15H2,1-3H3. The quantitative estimate of drug-likeness (QED) is 0.717. The molecule has 0 aliphatic carbocycles. The van der Waals surface area contributed by atoms with Crippen molar-refractivity contribution in [3.05, 3.63) is 17.7 Å². The smallest absolute Gasteiger partial charge is 0.236 e. The first-order chi connectivity index (χ1) is 13.2. The molecule has 7 nitrogen and oxygen atoms in total. The first-order valence-corrected chi connectivity index (χ1v) is 9.66. The summed E-state index contributed by atoms with van der Waals surface area (Å²) in [7, 11) is 4.91. The van der Waals surface area contributed by atoms with Gasteiger partial charge in [0.1, 0.15) is 0 Å². The Balaban J connectivity index is 1.55. The summed E-state index contributed by atoms with van der Waals surface area (Å²) in [6, 6.07) is 3.95. The molecule has 1 aromatic carbocycles. The third kappa shape index (κ3) is 4.65.